The zero-order valence-corrected chi connectivity index (χ0v) is 30.4. The van der Waals surface area contributed by atoms with Crippen molar-refractivity contribution < 1.29 is 0 Å². The highest BCUT2D eigenvalue weighted by atomic mass is 15.0. The van der Waals surface area contributed by atoms with Crippen molar-refractivity contribution in [2.24, 2.45) is 0 Å². The monoisotopic (exact) mass is 714 g/mol. The molecule has 0 spiro atoms. The van der Waals surface area contributed by atoms with E-state index in [9.17, 15) is 0 Å². The summed E-state index contributed by atoms with van der Waals surface area (Å²) >= 11 is 0. The van der Waals surface area contributed by atoms with E-state index in [1.165, 1.54) is 0 Å². The summed E-state index contributed by atoms with van der Waals surface area (Å²) in [7, 11) is 0. The van der Waals surface area contributed by atoms with Gasteiger partial charge in [-0.05, 0) is 56.3 Å². The van der Waals surface area contributed by atoms with Gasteiger partial charge in [-0.2, -0.15) is 0 Å². The Hall–Kier alpha value is -7.56. The van der Waals surface area contributed by atoms with Crippen molar-refractivity contribution in [3.05, 3.63) is 206 Å². The summed E-state index contributed by atoms with van der Waals surface area (Å²) in [6, 6.07) is 71.6. The number of benzene rings is 8. The highest BCUT2D eigenvalue weighted by Gasteiger charge is 2.19. The third kappa shape index (κ3) is 6.29. The quantitative estimate of drug-likeness (QED) is 0.154. The number of pyridine rings is 1. The Kier molecular flexibility index (Phi) is 8.47. The molecule has 0 saturated heterocycles. The minimum atomic E-state index is 0.593. The van der Waals surface area contributed by atoms with Gasteiger partial charge in [0.25, 0.3) is 0 Å². The number of fused-ring (bicyclic) bond motifs is 3. The van der Waals surface area contributed by atoms with Crippen molar-refractivity contribution in [3.8, 4) is 78.8 Å². The van der Waals surface area contributed by atoms with Gasteiger partial charge >= 0.3 is 0 Å². The highest BCUT2D eigenvalue weighted by Crippen LogP contribution is 2.41. The number of hydrogen-bond acceptors (Lipinski definition) is 4. The first-order valence-electron chi connectivity index (χ1n) is 18.8. The van der Waals surface area contributed by atoms with Crippen LogP contribution >= 0.6 is 0 Å². The Balaban J connectivity index is 1.20. The van der Waals surface area contributed by atoms with E-state index in [2.05, 4.69) is 188 Å². The minimum absolute atomic E-state index is 0.593. The second-order valence-electron chi connectivity index (χ2n) is 13.8. The van der Waals surface area contributed by atoms with Crippen LogP contribution in [0.2, 0.25) is 0 Å². The van der Waals surface area contributed by atoms with Crippen LogP contribution in [-0.2, 0) is 0 Å². The Morgan fingerprint density at radius 1 is 0.250 bits per heavy atom. The molecule has 0 saturated carbocycles. The lowest BCUT2D eigenvalue weighted by Gasteiger charge is -2.16. The van der Waals surface area contributed by atoms with Gasteiger partial charge in [-0.1, -0.05) is 194 Å². The molecule has 0 radical (unpaired) electrons. The second kappa shape index (κ2) is 14.3. The Morgan fingerprint density at radius 2 is 0.643 bits per heavy atom. The summed E-state index contributed by atoms with van der Waals surface area (Å²) in [5.41, 5.74) is 12.4. The molecular weight excluding hydrogens is 681 g/mol. The zero-order chi connectivity index (χ0) is 37.3. The molecule has 0 bridgehead atoms. The van der Waals surface area contributed by atoms with Crippen LogP contribution in [0.5, 0.6) is 0 Å². The molecule has 262 valence electrons. The maximum Gasteiger partial charge on any atom is 0.164 e. The van der Waals surface area contributed by atoms with Gasteiger partial charge in [0.1, 0.15) is 0 Å². The van der Waals surface area contributed by atoms with Gasteiger partial charge in [0.15, 0.2) is 17.5 Å². The van der Waals surface area contributed by atoms with Crippen LogP contribution in [-0.4, -0.2) is 19.9 Å². The van der Waals surface area contributed by atoms with E-state index >= 15 is 0 Å². The van der Waals surface area contributed by atoms with Crippen molar-refractivity contribution in [1.82, 2.24) is 19.9 Å². The summed E-state index contributed by atoms with van der Waals surface area (Å²) in [5.74, 6) is 1.81. The van der Waals surface area contributed by atoms with Crippen molar-refractivity contribution in [2.45, 2.75) is 0 Å². The average molecular weight is 715 g/mol. The van der Waals surface area contributed by atoms with Crippen LogP contribution < -0.4 is 0 Å². The van der Waals surface area contributed by atoms with Gasteiger partial charge in [-0.15, -0.1) is 0 Å². The standard InChI is InChI=1S/C52H34N4/c1-5-15-35(16-6-1)37-25-29-41(30-26-37)50-54-51(42-31-27-38(28-32-42)36-17-7-2-8-18-36)56-52(55-50)46-34-48-49(44-24-14-13-23-43(44)46)45(39-19-9-3-10-20-39)33-47(53-48)40-21-11-4-12-22-40/h1-34H. The van der Waals surface area contributed by atoms with Crippen LogP contribution in [0.1, 0.15) is 0 Å². The van der Waals surface area contributed by atoms with Gasteiger partial charge in [-0.25, -0.2) is 19.9 Å². The fraction of sp³-hybridized carbons (Fsp3) is 0. The molecule has 0 N–H and O–H groups in total. The Labute approximate surface area is 325 Å². The molecule has 0 unspecified atom stereocenters. The molecule has 8 aromatic carbocycles. The average Bonchev–Trinajstić information content (AvgIpc) is 3.29. The minimum Gasteiger partial charge on any atom is -0.248 e. The summed E-state index contributed by atoms with van der Waals surface area (Å²) < 4.78 is 0. The molecule has 0 aliphatic rings. The highest BCUT2D eigenvalue weighted by molar-refractivity contribution is 6.18. The second-order valence-corrected chi connectivity index (χ2v) is 13.8. The largest absolute Gasteiger partial charge is 0.248 e. The number of nitrogens with zero attached hydrogens (tertiary/aromatic N) is 4. The van der Waals surface area contributed by atoms with E-state index in [0.717, 1.165) is 83.0 Å². The van der Waals surface area contributed by atoms with Crippen molar-refractivity contribution in [3.63, 3.8) is 0 Å². The number of rotatable bonds is 7. The van der Waals surface area contributed by atoms with Crippen LogP contribution in [0, 0.1) is 0 Å². The van der Waals surface area contributed by atoms with E-state index in [0.29, 0.717) is 17.5 Å². The first-order chi connectivity index (χ1) is 27.7. The Morgan fingerprint density at radius 3 is 1.16 bits per heavy atom. The molecule has 2 aromatic heterocycles. The van der Waals surface area contributed by atoms with Crippen LogP contribution in [0.25, 0.3) is 100 Å². The molecule has 2 heterocycles. The lowest BCUT2D eigenvalue weighted by Crippen LogP contribution is -2.01. The van der Waals surface area contributed by atoms with E-state index < -0.39 is 0 Å². The molecular formula is C52H34N4. The molecule has 0 aliphatic carbocycles. The molecule has 10 aromatic rings. The smallest absolute Gasteiger partial charge is 0.164 e. The lowest BCUT2D eigenvalue weighted by atomic mass is 9.92. The molecule has 0 fully saturated rings. The third-order valence-corrected chi connectivity index (χ3v) is 10.3. The number of aromatic nitrogens is 4. The predicted octanol–water partition coefficient (Wildman–Crippen LogP) is 13.2. The van der Waals surface area contributed by atoms with Crippen molar-refractivity contribution >= 4 is 21.7 Å². The van der Waals surface area contributed by atoms with Gasteiger partial charge in [0.05, 0.1) is 11.2 Å². The van der Waals surface area contributed by atoms with Gasteiger partial charge in [0.2, 0.25) is 0 Å². The maximum absolute atomic E-state index is 5.33. The maximum atomic E-state index is 5.33. The topological polar surface area (TPSA) is 51.6 Å². The molecule has 4 heteroatoms. The molecule has 0 atom stereocenters. The molecule has 0 aliphatic heterocycles. The van der Waals surface area contributed by atoms with Crippen LogP contribution in [0.4, 0.5) is 0 Å². The first kappa shape index (κ1) is 33.0. The number of hydrogen-bond donors (Lipinski definition) is 0. The van der Waals surface area contributed by atoms with E-state index in [1.807, 2.05) is 18.2 Å². The summed E-state index contributed by atoms with van der Waals surface area (Å²) in [6.45, 7) is 0. The molecule has 56 heavy (non-hydrogen) atoms. The molecule has 0 amide bonds. The van der Waals surface area contributed by atoms with Gasteiger partial charge in [-0.3, -0.25) is 0 Å². The van der Waals surface area contributed by atoms with Crippen molar-refractivity contribution in [1.29, 1.82) is 0 Å². The molecule has 4 nitrogen and oxygen atoms in total. The van der Waals surface area contributed by atoms with Crippen LogP contribution in [0.3, 0.4) is 0 Å². The summed E-state index contributed by atoms with van der Waals surface area (Å²) in [4.78, 5) is 20.9. The van der Waals surface area contributed by atoms with Gasteiger partial charge < -0.3 is 0 Å². The summed E-state index contributed by atoms with van der Waals surface area (Å²) in [5, 5.41) is 3.24. The third-order valence-electron chi connectivity index (χ3n) is 10.3. The van der Waals surface area contributed by atoms with E-state index in [4.69, 9.17) is 19.9 Å². The Bertz CT molecular complexity index is 2860. The normalized spacial score (nSPS) is 11.2. The SMILES string of the molecule is c1ccc(-c2ccc(-c3nc(-c4ccc(-c5ccccc5)cc4)nc(-c4cc5nc(-c6ccccc6)cc(-c6ccccc6)c5c5ccccc45)n3)cc2)cc1. The molecule has 10 rings (SSSR count). The fourth-order valence-electron chi connectivity index (χ4n) is 7.53. The summed E-state index contributed by atoms with van der Waals surface area (Å²) in [6.07, 6.45) is 0. The van der Waals surface area contributed by atoms with E-state index in [1.54, 1.807) is 0 Å². The first-order valence-corrected chi connectivity index (χ1v) is 18.8. The van der Waals surface area contributed by atoms with E-state index in [-0.39, 0.29) is 0 Å². The predicted molar refractivity (Wildman–Crippen MR) is 231 cm³/mol. The van der Waals surface area contributed by atoms with Crippen LogP contribution in [0.15, 0.2) is 206 Å². The fourth-order valence-corrected chi connectivity index (χ4v) is 7.53. The van der Waals surface area contributed by atoms with Crippen molar-refractivity contribution in [2.75, 3.05) is 0 Å². The zero-order valence-electron chi connectivity index (χ0n) is 30.4. The van der Waals surface area contributed by atoms with Gasteiger partial charge in [0, 0.05) is 27.6 Å². The lowest BCUT2D eigenvalue weighted by molar-refractivity contribution is 1.08.